The van der Waals surface area contributed by atoms with E-state index in [0.29, 0.717) is 6.42 Å². The highest BCUT2D eigenvalue weighted by Crippen LogP contribution is 2.10. The van der Waals surface area contributed by atoms with E-state index in [0.717, 1.165) is 25.7 Å². The number of halogens is 1. The Morgan fingerprint density at radius 2 is 1.41 bits per heavy atom. The number of aliphatic carboxylic acids is 1. The highest BCUT2D eigenvalue weighted by atomic mass is 19.1. The van der Waals surface area contributed by atoms with Gasteiger partial charge in [0.05, 0.1) is 13.1 Å². The van der Waals surface area contributed by atoms with E-state index in [2.05, 4.69) is 0 Å². The van der Waals surface area contributed by atoms with Crippen molar-refractivity contribution in [3.8, 4) is 0 Å². The maximum atomic E-state index is 11.8. The van der Waals surface area contributed by atoms with Crippen LogP contribution in [0.2, 0.25) is 0 Å². The summed E-state index contributed by atoms with van der Waals surface area (Å²) in [6.45, 7) is -0.178. The van der Waals surface area contributed by atoms with Gasteiger partial charge in [-0.1, -0.05) is 50.7 Å². The van der Waals surface area contributed by atoms with Crippen LogP contribution < -0.4 is 0 Å². The van der Waals surface area contributed by atoms with E-state index in [1.54, 1.807) is 6.08 Å². The second-order valence-electron chi connectivity index (χ2n) is 4.38. The first-order chi connectivity index (χ1) is 8.27. The normalized spacial score (nSPS) is 11.1. The van der Waals surface area contributed by atoms with Gasteiger partial charge in [-0.3, -0.25) is 9.18 Å². The van der Waals surface area contributed by atoms with Crippen molar-refractivity contribution in [1.82, 2.24) is 0 Å². The predicted octanol–water partition coefficient (Wildman–Crippen LogP) is 4.50. The van der Waals surface area contributed by atoms with Gasteiger partial charge in [0.15, 0.2) is 0 Å². The number of carboxylic acids is 1. The third-order valence-electron chi connectivity index (χ3n) is 2.71. The van der Waals surface area contributed by atoms with Crippen LogP contribution in [0.4, 0.5) is 4.39 Å². The van der Waals surface area contributed by atoms with Gasteiger partial charge >= 0.3 is 5.97 Å². The number of hydrogen-bond acceptors (Lipinski definition) is 1. The number of rotatable bonds is 12. The second-order valence-corrected chi connectivity index (χ2v) is 4.38. The van der Waals surface area contributed by atoms with Crippen LogP contribution in [0.15, 0.2) is 12.2 Å². The van der Waals surface area contributed by atoms with Crippen molar-refractivity contribution in [2.75, 3.05) is 6.67 Å². The van der Waals surface area contributed by atoms with Gasteiger partial charge in [0, 0.05) is 0 Å². The van der Waals surface area contributed by atoms with Crippen molar-refractivity contribution in [3.63, 3.8) is 0 Å². The summed E-state index contributed by atoms with van der Waals surface area (Å²) in [5.74, 6) is -0.769. The van der Waals surface area contributed by atoms with Crippen LogP contribution in [0.5, 0.6) is 0 Å². The van der Waals surface area contributed by atoms with Crippen LogP contribution in [0.25, 0.3) is 0 Å². The zero-order valence-corrected chi connectivity index (χ0v) is 10.7. The molecule has 0 spiro atoms. The first-order valence-electron chi connectivity index (χ1n) is 6.70. The first kappa shape index (κ1) is 16.1. The summed E-state index contributed by atoms with van der Waals surface area (Å²) in [5.41, 5.74) is 0. The fourth-order valence-electron chi connectivity index (χ4n) is 1.72. The summed E-state index contributed by atoms with van der Waals surface area (Å²) in [4.78, 5) is 10.2. The van der Waals surface area contributed by atoms with Crippen LogP contribution in [0, 0.1) is 0 Å². The van der Waals surface area contributed by atoms with Gasteiger partial charge in [0.2, 0.25) is 0 Å². The molecule has 2 nitrogen and oxygen atoms in total. The summed E-state index contributed by atoms with van der Waals surface area (Å²) in [6.07, 6.45) is 13.7. The van der Waals surface area contributed by atoms with Crippen LogP contribution in [-0.4, -0.2) is 17.8 Å². The quantitative estimate of drug-likeness (QED) is 0.405. The fourth-order valence-corrected chi connectivity index (χ4v) is 1.72. The zero-order chi connectivity index (χ0) is 12.8. The molecule has 0 rings (SSSR count). The van der Waals surface area contributed by atoms with Gasteiger partial charge in [0.25, 0.3) is 0 Å². The average Bonchev–Trinajstić information content (AvgIpc) is 2.30. The van der Waals surface area contributed by atoms with Crippen molar-refractivity contribution in [2.24, 2.45) is 0 Å². The molecule has 1 N–H and O–H groups in total. The Balaban J connectivity index is 3.03. The molecule has 0 unspecified atom stereocenters. The summed E-state index contributed by atoms with van der Waals surface area (Å²) in [5, 5.41) is 8.40. The molecular weight excluding hydrogens is 219 g/mol. The zero-order valence-electron chi connectivity index (χ0n) is 10.7. The van der Waals surface area contributed by atoms with E-state index in [4.69, 9.17) is 5.11 Å². The van der Waals surface area contributed by atoms with E-state index in [1.165, 1.54) is 25.7 Å². The van der Waals surface area contributed by atoms with Crippen molar-refractivity contribution in [3.05, 3.63) is 12.2 Å². The van der Waals surface area contributed by atoms with Crippen molar-refractivity contribution >= 4 is 5.97 Å². The van der Waals surface area contributed by atoms with Crippen molar-refractivity contribution < 1.29 is 14.3 Å². The molecule has 0 aromatic rings. The SMILES string of the molecule is O=C(O)CC=CCCCCCCCCCCF. The minimum Gasteiger partial charge on any atom is -0.481 e. The molecule has 0 aromatic carbocycles. The van der Waals surface area contributed by atoms with Crippen LogP contribution in [0.1, 0.15) is 64.2 Å². The minimum atomic E-state index is -0.769. The lowest BCUT2D eigenvalue weighted by atomic mass is 10.1. The third kappa shape index (κ3) is 15.1. The van der Waals surface area contributed by atoms with Crippen molar-refractivity contribution in [2.45, 2.75) is 64.2 Å². The number of allylic oxidation sites excluding steroid dienone is 1. The standard InChI is InChI=1S/C14H25FO2/c15-13-11-9-7-5-3-1-2-4-6-8-10-12-14(16)17/h8,10H,1-7,9,11-13H2,(H,16,17). The molecule has 0 aromatic heterocycles. The summed E-state index contributed by atoms with van der Waals surface area (Å²) >= 11 is 0. The average molecular weight is 244 g/mol. The molecule has 0 saturated carbocycles. The topological polar surface area (TPSA) is 37.3 Å². The second kappa shape index (κ2) is 13.2. The molecule has 0 aliphatic carbocycles. The number of carboxylic acid groups (broad SMARTS) is 1. The molecular formula is C14H25FO2. The Kier molecular flexibility index (Phi) is 12.5. The Labute approximate surface area is 104 Å². The first-order valence-corrected chi connectivity index (χ1v) is 6.70. The molecule has 0 heterocycles. The molecule has 0 saturated heterocycles. The van der Waals surface area contributed by atoms with Gasteiger partial charge in [-0.05, 0) is 19.3 Å². The highest BCUT2D eigenvalue weighted by molar-refractivity contribution is 5.68. The lowest BCUT2D eigenvalue weighted by Gasteiger charge is -2.00. The van der Waals surface area contributed by atoms with Gasteiger partial charge < -0.3 is 5.11 Å². The lowest BCUT2D eigenvalue weighted by molar-refractivity contribution is -0.136. The minimum absolute atomic E-state index is 0.134. The van der Waals surface area contributed by atoms with E-state index in [1.807, 2.05) is 6.08 Å². The Morgan fingerprint density at radius 1 is 0.882 bits per heavy atom. The molecule has 0 amide bonds. The third-order valence-corrected chi connectivity index (χ3v) is 2.71. The predicted molar refractivity (Wildman–Crippen MR) is 68.9 cm³/mol. The smallest absolute Gasteiger partial charge is 0.307 e. The Morgan fingerprint density at radius 3 is 1.94 bits per heavy atom. The van der Waals surface area contributed by atoms with Gasteiger partial charge in [-0.2, -0.15) is 0 Å². The molecule has 0 bridgehead atoms. The highest BCUT2D eigenvalue weighted by Gasteiger charge is 1.92. The van der Waals surface area contributed by atoms with Gasteiger partial charge in [0.1, 0.15) is 0 Å². The van der Waals surface area contributed by atoms with Gasteiger partial charge in [-0.25, -0.2) is 0 Å². The van der Waals surface area contributed by atoms with E-state index >= 15 is 0 Å². The number of carbonyl (C=O) groups is 1. The molecule has 100 valence electrons. The van der Waals surface area contributed by atoms with Crippen molar-refractivity contribution in [1.29, 1.82) is 0 Å². The number of hydrogen-bond donors (Lipinski definition) is 1. The van der Waals surface area contributed by atoms with Crippen LogP contribution >= 0.6 is 0 Å². The lowest BCUT2D eigenvalue weighted by Crippen LogP contribution is -1.89. The molecule has 3 heteroatoms. The van der Waals surface area contributed by atoms with E-state index in [9.17, 15) is 9.18 Å². The Hall–Kier alpha value is -0.860. The maximum absolute atomic E-state index is 11.8. The maximum Gasteiger partial charge on any atom is 0.307 e. The monoisotopic (exact) mass is 244 g/mol. The fraction of sp³-hybridized carbons (Fsp3) is 0.786. The summed E-state index contributed by atoms with van der Waals surface area (Å²) in [6, 6.07) is 0. The summed E-state index contributed by atoms with van der Waals surface area (Å²) in [7, 11) is 0. The molecule has 0 atom stereocenters. The number of unbranched alkanes of at least 4 members (excludes halogenated alkanes) is 8. The Bertz CT molecular complexity index is 202. The molecule has 17 heavy (non-hydrogen) atoms. The van der Waals surface area contributed by atoms with E-state index < -0.39 is 5.97 Å². The van der Waals surface area contributed by atoms with Gasteiger partial charge in [-0.15, -0.1) is 0 Å². The molecule has 0 aliphatic heterocycles. The van der Waals surface area contributed by atoms with E-state index in [-0.39, 0.29) is 13.1 Å². The molecule has 0 radical (unpaired) electrons. The largest absolute Gasteiger partial charge is 0.481 e. The van der Waals surface area contributed by atoms with Crippen LogP contribution in [0.3, 0.4) is 0 Å². The summed E-state index contributed by atoms with van der Waals surface area (Å²) < 4.78 is 11.8. The molecule has 0 aliphatic rings. The number of alkyl halides is 1. The molecule has 0 fully saturated rings. The van der Waals surface area contributed by atoms with Crippen LogP contribution in [-0.2, 0) is 4.79 Å².